The average molecular weight is 556 g/mol. The summed E-state index contributed by atoms with van der Waals surface area (Å²) in [5.41, 5.74) is 2.47. The van der Waals surface area contributed by atoms with E-state index in [0.29, 0.717) is 34.4 Å². The van der Waals surface area contributed by atoms with Crippen LogP contribution in [0.2, 0.25) is 0 Å². The number of rotatable bonds is 5. The molecule has 0 atom stereocenters. The smallest absolute Gasteiger partial charge is 0.378 e. The summed E-state index contributed by atoms with van der Waals surface area (Å²) in [6, 6.07) is 10.3. The van der Waals surface area contributed by atoms with Crippen LogP contribution in [0.3, 0.4) is 0 Å². The van der Waals surface area contributed by atoms with Crippen molar-refractivity contribution in [3.8, 4) is 11.3 Å². The van der Waals surface area contributed by atoms with Gasteiger partial charge < -0.3 is 14.5 Å². The number of likely N-dealkylation sites (tertiary alicyclic amines) is 2. The predicted octanol–water partition coefficient (Wildman–Crippen LogP) is 5.58. The van der Waals surface area contributed by atoms with E-state index in [1.807, 2.05) is 4.90 Å². The lowest BCUT2D eigenvalue weighted by Gasteiger charge is -2.50. The maximum Gasteiger partial charge on any atom is 0.416 e. The Morgan fingerprint density at radius 3 is 2.35 bits per heavy atom. The molecule has 0 radical (unpaired) electrons. The van der Waals surface area contributed by atoms with Gasteiger partial charge in [-0.1, -0.05) is 39.0 Å². The molecule has 1 aromatic carbocycles. The Bertz CT molecular complexity index is 1270. The third-order valence-corrected chi connectivity index (χ3v) is 6.93. The van der Waals surface area contributed by atoms with Crippen molar-refractivity contribution in [3.63, 3.8) is 0 Å². The van der Waals surface area contributed by atoms with Crippen molar-refractivity contribution in [2.75, 3.05) is 39.8 Å². The Morgan fingerprint density at radius 1 is 1.02 bits per heavy atom. The molecular formula is C30H36F3N5O2. The number of carbonyl (C=O) groups is 1. The SMILES string of the molecule is CC(C)(C)CN1CC2(CCN(C(=O)c3cnccn3)C2)C1.COCc1cccc(-c2ccc(C(F)(F)F)cc2)n1. The number of aromatic nitrogens is 3. The van der Waals surface area contributed by atoms with Crippen LogP contribution < -0.4 is 0 Å². The van der Waals surface area contributed by atoms with Gasteiger partial charge in [0.1, 0.15) is 5.69 Å². The molecule has 0 bridgehead atoms. The molecule has 2 saturated heterocycles. The second kappa shape index (κ2) is 12.0. The van der Waals surface area contributed by atoms with Gasteiger partial charge in [-0.25, -0.2) is 4.98 Å². The van der Waals surface area contributed by atoms with Crippen LogP contribution in [0.15, 0.2) is 61.1 Å². The molecule has 0 N–H and O–H groups in total. The van der Waals surface area contributed by atoms with Crippen molar-refractivity contribution >= 4 is 5.91 Å². The lowest BCUT2D eigenvalue weighted by molar-refractivity contribution is -0.137. The number of pyridine rings is 1. The quantitative estimate of drug-likeness (QED) is 0.409. The van der Waals surface area contributed by atoms with E-state index in [4.69, 9.17) is 4.74 Å². The lowest BCUT2D eigenvalue weighted by Crippen LogP contribution is -2.59. The van der Waals surface area contributed by atoms with Crippen molar-refractivity contribution < 1.29 is 22.7 Å². The molecule has 0 unspecified atom stereocenters. The van der Waals surface area contributed by atoms with Gasteiger partial charge in [-0.3, -0.25) is 14.8 Å². The summed E-state index contributed by atoms with van der Waals surface area (Å²) in [5, 5.41) is 0. The van der Waals surface area contributed by atoms with Crippen LogP contribution in [0.1, 0.15) is 48.9 Å². The van der Waals surface area contributed by atoms with E-state index in [2.05, 4.69) is 40.6 Å². The van der Waals surface area contributed by atoms with Gasteiger partial charge in [0.15, 0.2) is 0 Å². The number of benzene rings is 1. The van der Waals surface area contributed by atoms with Crippen LogP contribution in [0.5, 0.6) is 0 Å². The van der Waals surface area contributed by atoms with Gasteiger partial charge in [0.25, 0.3) is 5.91 Å². The number of methoxy groups -OCH3 is 1. The van der Waals surface area contributed by atoms with E-state index in [9.17, 15) is 18.0 Å². The summed E-state index contributed by atoms with van der Waals surface area (Å²) in [4.78, 5) is 29.3. The Balaban J connectivity index is 0.000000186. The lowest BCUT2D eigenvalue weighted by atomic mass is 9.77. The summed E-state index contributed by atoms with van der Waals surface area (Å²) in [6.07, 6.45) is 1.52. The van der Waals surface area contributed by atoms with Crippen LogP contribution in [0.4, 0.5) is 13.2 Å². The highest BCUT2D eigenvalue weighted by molar-refractivity contribution is 5.92. The molecule has 7 nitrogen and oxygen atoms in total. The molecule has 40 heavy (non-hydrogen) atoms. The molecule has 10 heteroatoms. The number of nitrogens with zero attached hydrogens (tertiary/aromatic N) is 5. The van der Waals surface area contributed by atoms with Gasteiger partial charge in [0.2, 0.25) is 0 Å². The highest BCUT2D eigenvalue weighted by Gasteiger charge is 2.49. The largest absolute Gasteiger partial charge is 0.416 e. The first kappa shape index (κ1) is 29.6. The van der Waals surface area contributed by atoms with Crippen molar-refractivity contribution in [1.82, 2.24) is 24.8 Å². The minimum absolute atomic E-state index is 0.0225. The monoisotopic (exact) mass is 555 g/mol. The summed E-state index contributed by atoms with van der Waals surface area (Å²) in [7, 11) is 1.56. The predicted molar refractivity (Wildman–Crippen MR) is 146 cm³/mol. The first-order valence-corrected chi connectivity index (χ1v) is 13.3. The molecule has 0 saturated carbocycles. The molecule has 2 aromatic heterocycles. The van der Waals surface area contributed by atoms with Crippen molar-refractivity contribution in [2.45, 2.75) is 40.0 Å². The topological polar surface area (TPSA) is 71.5 Å². The molecule has 3 aromatic rings. The Morgan fingerprint density at radius 2 is 1.75 bits per heavy atom. The zero-order valence-corrected chi connectivity index (χ0v) is 23.4. The third kappa shape index (κ3) is 7.63. The second-order valence-electron chi connectivity index (χ2n) is 11.8. The number of ether oxygens (including phenoxy) is 1. The highest BCUT2D eigenvalue weighted by Crippen LogP contribution is 2.41. The number of carbonyl (C=O) groups excluding carboxylic acids is 1. The second-order valence-corrected chi connectivity index (χ2v) is 11.8. The molecule has 2 aliphatic heterocycles. The molecule has 1 amide bonds. The zero-order valence-electron chi connectivity index (χ0n) is 23.4. The fourth-order valence-electron chi connectivity index (χ4n) is 5.32. The van der Waals surface area contributed by atoms with Crippen molar-refractivity contribution in [2.24, 2.45) is 10.8 Å². The van der Waals surface area contributed by atoms with E-state index in [1.54, 1.807) is 43.9 Å². The minimum atomic E-state index is -4.32. The maximum absolute atomic E-state index is 12.5. The Hall–Kier alpha value is -3.37. The van der Waals surface area contributed by atoms with Crippen LogP contribution in [-0.2, 0) is 17.5 Å². The molecule has 4 heterocycles. The summed E-state index contributed by atoms with van der Waals surface area (Å²) >= 11 is 0. The van der Waals surface area contributed by atoms with Crippen LogP contribution in [-0.4, -0.2) is 70.5 Å². The molecular weight excluding hydrogens is 519 g/mol. The van der Waals surface area contributed by atoms with Crippen LogP contribution in [0.25, 0.3) is 11.3 Å². The van der Waals surface area contributed by atoms with E-state index in [1.165, 1.54) is 12.1 Å². The highest BCUT2D eigenvalue weighted by atomic mass is 19.4. The fraction of sp³-hybridized carbons (Fsp3) is 0.467. The van der Waals surface area contributed by atoms with Crippen molar-refractivity contribution in [3.05, 3.63) is 78.0 Å². The standard InChI is InChI=1S/C16H24N4O.C14H12F3NO/c1-15(2,3)9-19-10-16(11-19)4-7-20(12-16)14(21)13-8-17-5-6-18-13;1-19-9-12-3-2-4-13(18-12)10-5-7-11(8-6-10)14(15,16)17/h5-6,8H,4,7,9-12H2,1-3H3;2-8H,9H2,1H3. The van der Waals surface area contributed by atoms with E-state index in [-0.39, 0.29) is 5.91 Å². The summed E-state index contributed by atoms with van der Waals surface area (Å²) < 4.78 is 42.3. The molecule has 2 fully saturated rings. The van der Waals surface area contributed by atoms with Crippen LogP contribution in [0, 0.1) is 10.8 Å². The minimum Gasteiger partial charge on any atom is -0.378 e. The molecule has 1 spiro atoms. The van der Waals surface area contributed by atoms with Gasteiger partial charge in [0, 0.05) is 63.2 Å². The number of amides is 1. The first-order chi connectivity index (χ1) is 18.9. The Labute approximate surface area is 233 Å². The number of hydrogen-bond donors (Lipinski definition) is 0. The fourth-order valence-corrected chi connectivity index (χ4v) is 5.32. The van der Waals surface area contributed by atoms with E-state index < -0.39 is 11.7 Å². The third-order valence-electron chi connectivity index (χ3n) is 6.93. The van der Waals surface area contributed by atoms with Gasteiger partial charge in [0.05, 0.1) is 29.8 Å². The van der Waals surface area contributed by atoms with Gasteiger partial charge in [-0.2, -0.15) is 13.2 Å². The molecule has 0 aliphatic carbocycles. The number of alkyl halides is 3. The van der Waals surface area contributed by atoms with Crippen LogP contribution >= 0.6 is 0 Å². The van der Waals surface area contributed by atoms with Gasteiger partial charge in [-0.05, 0) is 36.1 Å². The number of halogens is 3. The van der Waals surface area contributed by atoms with Gasteiger partial charge in [-0.15, -0.1) is 0 Å². The van der Waals surface area contributed by atoms with Gasteiger partial charge >= 0.3 is 6.18 Å². The summed E-state index contributed by atoms with van der Waals surface area (Å²) in [5.74, 6) is 0.0225. The maximum atomic E-state index is 12.5. The Kier molecular flexibility index (Phi) is 8.90. The summed E-state index contributed by atoms with van der Waals surface area (Å²) in [6.45, 7) is 12.3. The van der Waals surface area contributed by atoms with E-state index >= 15 is 0 Å². The first-order valence-electron chi connectivity index (χ1n) is 13.3. The van der Waals surface area contributed by atoms with Crippen molar-refractivity contribution in [1.29, 1.82) is 0 Å². The molecule has 5 rings (SSSR count). The van der Waals surface area contributed by atoms with E-state index in [0.717, 1.165) is 57.0 Å². The zero-order chi connectivity index (χ0) is 29.0. The normalized spacial score (nSPS) is 16.8. The average Bonchev–Trinajstić information content (AvgIpc) is 3.34. The number of hydrogen-bond acceptors (Lipinski definition) is 6. The molecule has 214 valence electrons. The molecule has 2 aliphatic rings.